The monoisotopic (exact) mass is 354 g/mol. The Bertz CT molecular complexity index is 497. The minimum Gasteiger partial charge on any atom is -0.0654 e. The van der Waals surface area contributed by atoms with Crippen LogP contribution in [0.15, 0.2) is 24.3 Å². The van der Waals surface area contributed by atoms with E-state index in [2.05, 4.69) is 45.0 Å². The van der Waals surface area contributed by atoms with Gasteiger partial charge < -0.3 is 0 Å². The fraction of sp³-hybridized carbons (Fsp3) is 0.769. The third-order valence-electron chi connectivity index (χ3n) is 7.76. The number of benzene rings is 1. The van der Waals surface area contributed by atoms with Gasteiger partial charge in [-0.2, -0.15) is 0 Å². The van der Waals surface area contributed by atoms with Crippen molar-refractivity contribution in [2.75, 3.05) is 0 Å². The maximum atomic E-state index is 2.57. The molecule has 3 rings (SSSR count). The lowest BCUT2D eigenvalue weighted by molar-refractivity contribution is 0.169. The summed E-state index contributed by atoms with van der Waals surface area (Å²) in [5, 5.41) is 0. The van der Waals surface area contributed by atoms with E-state index >= 15 is 0 Å². The maximum Gasteiger partial charge on any atom is -0.0162 e. The van der Waals surface area contributed by atoms with Gasteiger partial charge in [-0.1, -0.05) is 75.8 Å². The van der Waals surface area contributed by atoms with Gasteiger partial charge in [0.2, 0.25) is 0 Å². The van der Waals surface area contributed by atoms with Crippen molar-refractivity contribution in [1.29, 1.82) is 0 Å². The first kappa shape index (κ1) is 20.0. The van der Waals surface area contributed by atoms with E-state index < -0.39 is 0 Å². The highest BCUT2D eigenvalue weighted by Crippen LogP contribution is 2.42. The third-order valence-corrected chi connectivity index (χ3v) is 7.76. The Morgan fingerprint density at radius 1 is 0.846 bits per heavy atom. The van der Waals surface area contributed by atoms with Crippen molar-refractivity contribution in [3.63, 3.8) is 0 Å². The molecule has 0 heteroatoms. The molecule has 0 saturated heterocycles. The highest BCUT2D eigenvalue weighted by atomic mass is 14.3. The van der Waals surface area contributed by atoms with Crippen molar-refractivity contribution in [2.24, 2.45) is 23.7 Å². The Hall–Kier alpha value is -0.780. The fourth-order valence-corrected chi connectivity index (χ4v) is 5.83. The minimum atomic E-state index is 0.830. The zero-order valence-corrected chi connectivity index (χ0v) is 17.7. The van der Waals surface area contributed by atoms with Gasteiger partial charge in [0.05, 0.1) is 0 Å². The molecule has 0 nitrogen and oxygen atoms in total. The standard InChI is InChI=1S/C26H42/c1-4-5-6-22-9-15-24(16-10-22)21(3)19-23-11-17-26(18-12-23)25-13-7-20(2)8-14-25/h7-8,13-14,21-24,26H,4-6,9-12,15-19H2,1-3H3. The summed E-state index contributed by atoms with van der Waals surface area (Å²) in [5.74, 6) is 4.88. The van der Waals surface area contributed by atoms with Crippen LogP contribution in [0.2, 0.25) is 0 Å². The molecule has 0 N–H and O–H groups in total. The minimum absolute atomic E-state index is 0.830. The summed E-state index contributed by atoms with van der Waals surface area (Å²) >= 11 is 0. The van der Waals surface area contributed by atoms with Crippen LogP contribution >= 0.6 is 0 Å². The topological polar surface area (TPSA) is 0 Å². The van der Waals surface area contributed by atoms with E-state index in [9.17, 15) is 0 Å². The van der Waals surface area contributed by atoms with E-state index in [1.54, 1.807) is 5.56 Å². The van der Waals surface area contributed by atoms with Crippen LogP contribution in [0, 0.1) is 30.6 Å². The highest BCUT2D eigenvalue weighted by molar-refractivity contribution is 5.24. The Balaban J connectivity index is 1.38. The van der Waals surface area contributed by atoms with Gasteiger partial charge in [0.25, 0.3) is 0 Å². The number of unbranched alkanes of at least 4 members (excludes halogenated alkanes) is 1. The van der Waals surface area contributed by atoms with Gasteiger partial charge >= 0.3 is 0 Å². The Morgan fingerprint density at radius 3 is 2.08 bits per heavy atom. The van der Waals surface area contributed by atoms with Crippen LogP contribution in [0.4, 0.5) is 0 Å². The first-order valence-electron chi connectivity index (χ1n) is 11.7. The summed E-state index contributed by atoms with van der Waals surface area (Å²) < 4.78 is 0. The predicted molar refractivity (Wildman–Crippen MR) is 115 cm³/mol. The lowest BCUT2D eigenvalue weighted by atomic mass is 9.70. The number of hydrogen-bond donors (Lipinski definition) is 0. The number of aryl methyl sites for hydroxylation is 1. The van der Waals surface area contributed by atoms with Crippen molar-refractivity contribution >= 4 is 0 Å². The summed E-state index contributed by atoms with van der Waals surface area (Å²) in [6.45, 7) is 7.10. The first-order valence-corrected chi connectivity index (χ1v) is 11.7. The summed E-state index contributed by atoms with van der Waals surface area (Å²) in [6.07, 6.45) is 17.7. The molecule has 0 spiro atoms. The summed E-state index contributed by atoms with van der Waals surface area (Å²) in [5.41, 5.74) is 2.98. The van der Waals surface area contributed by atoms with Gasteiger partial charge in [0.1, 0.15) is 0 Å². The molecule has 1 unspecified atom stereocenters. The molecule has 0 aliphatic heterocycles. The van der Waals surface area contributed by atoms with Crippen molar-refractivity contribution in [1.82, 2.24) is 0 Å². The second kappa shape index (κ2) is 9.95. The number of rotatable bonds is 7. The van der Waals surface area contributed by atoms with Crippen LogP contribution in [0.5, 0.6) is 0 Å². The Labute approximate surface area is 163 Å². The molecule has 0 aromatic heterocycles. The van der Waals surface area contributed by atoms with Gasteiger partial charge in [-0.15, -0.1) is 0 Å². The van der Waals surface area contributed by atoms with Gasteiger partial charge in [-0.05, 0) is 87.0 Å². The van der Waals surface area contributed by atoms with Crippen LogP contribution in [-0.2, 0) is 0 Å². The van der Waals surface area contributed by atoms with Gasteiger partial charge in [-0.25, -0.2) is 0 Å². The SMILES string of the molecule is CCCCC1CCC(C(C)CC2CCC(c3ccc(C)cc3)CC2)CC1. The van der Waals surface area contributed by atoms with Crippen LogP contribution in [0.3, 0.4) is 0 Å². The predicted octanol–water partition coefficient (Wildman–Crippen LogP) is 8.29. The molecule has 26 heavy (non-hydrogen) atoms. The molecule has 1 atom stereocenters. The average Bonchev–Trinajstić information content (AvgIpc) is 2.68. The van der Waals surface area contributed by atoms with E-state index in [1.807, 2.05) is 0 Å². The highest BCUT2D eigenvalue weighted by Gasteiger charge is 2.29. The van der Waals surface area contributed by atoms with Gasteiger partial charge in [-0.3, -0.25) is 0 Å². The van der Waals surface area contributed by atoms with E-state index in [4.69, 9.17) is 0 Å². The second-order valence-corrected chi connectivity index (χ2v) is 9.76. The molecular formula is C26H42. The Kier molecular flexibility index (Phi) is 7.64. The number of hydrogen-bond acceptors (Lipinski definition) is 0. The quantitative estimate of drug-likeness (QED) is 0.462. The van der Waals surface area contributed by atoms with Gasteiger partial charge in [0.15, 0.2) is 0 Å². The molecule has 146 valence electrons. The van der Waals surface area contributed by atoms with E-state index in [0.717, 1.165) is 29.6 Å². The molecule has 1 aromatic rings. The maximum absolute atomic E-state index is 2.57. The van der Waals surface area contributed by atoms with Crippen molar-refractivity contribution in [3.05, 3.63) is 35.4 Å². The Morgan fingerprint density at radius 2 is 1.46 bits per heavy atom. The lowest BCUT2D eigenvalue weighted by Crippen LogP contribution is -2.23. The zero-order valence-electron chi connectivity index (χ0n) is 17.7. The molecule has 2 aliphatic rings. The average molecular weight is 355 g/mol. The summed E-state index contributed by atoms with van der Waals surface area (Å²) in [6, 6.07) is 9.33. The van der Waals surface area contributed by atoms with Crippen molar-refractivity contribution < 1.29 is 0 Å². The van der Waals surface area contributed by atoms with Crippen molar-refractivity contribution in [3.8, 4) is 0 Å². The van der Waals surface area contributed by atoms with E-state index in [0.29, 0.717) is 0 Å². The zero-order chi connectivity index (χ0) is 18.4. The largest absolute Gasteiger partial charge is 0.0654 e. The molecule has 2 fully saturated rings. The fourth-order valence-electron chi connectivity index (χ4n) is 5.83. The second-order valence-electron chi connectivity index (χ2n) is 9.76. The molecule has 0 bridgehead atoms. The first-order chi connectivity index (χ1) is 12.7. The van der Waals surface area contributed by atoms with Crippen LogP contribution in [0.25, 0.3) is 0 Å². The third kappa shape index (κ3) is 5.61. The molecule has 2 saturated carbocycles. The summed E-state index contributed by atoms with van der Waals surface area (Å²) in [4.78, 5) is 0. The molecule has 0 amide bonds. The molecule has 1 aromatic carbocycles. The van der Waals surface area contributed by atoms with Crippen LogP contribution in [-0.4, -0.2) is 0 Å². The normalized spacial score (nSPS) is 30.9. The molecule has 0 radical (unpaired) electrons. The van der Waals surface area contributed by atoms with Gasteiger partial charge in [0, 0.05) is 0 Å². The van der Waals surface area contributed by atoms with Crippen molar-refractivity contribution in [2.45, 2.75) is 104 Å². The molecule has 2 aliphatic carbocycles. The molecule has 0 heterocycles. The van der Waals surface area contributed by atoms with Crippen LogP contribution < -0.4 is 0 Å². The summed E-state index contributed by atoms with van der Waals surface area (Å²) in [7, 11) is 0. The van der Waals surface area contributed by atoms with E-state index in [1.165, 1.54) is 82.6 Å². The lowest BCUT2D eigenvalue weighted by Gasteiger charge is -2.36. The molecular weight excluding hydrogens is 312 g/mol. The van der Waals surface area contributed by atoms with Crippen LogP contribution in [0.1, 0.15) is 108 Å². The van der Waals surface area contributed by atoms with E-state index in [-0.39, 0.29) is 0 Å². The smallest absolute Gasteiger partial charge is 0.0162 e.